The van der Waals surface area contributed by atoms with Gasteiger partial charge < -0.3 is 9.47 Å². The highest BCUT2D eigenvalue weighted by Gasteiger charge is 2.12. The molecule has 0 spiro atoms. The molecule has 5 nitrogen and oxygen atoms in total. The Labute approximate surface area is 207 Å². The van der Waals surface area contributed by atoms with Crippen molar-refractivity contribution in [3.05, 3.63) is 89.5 Å². The Balaban J connectivity index is 1.71. The van der Waals surface area contributed by atoms with Gasteiger partial charge in [0.2, 0.25) is 0 Å². The van der Waals surface area contributed by atoms with Crippen LogP contribution in [0.3, 0.4) is 0 Å². The Bertz CT molecular complexity index is 1090. The molecule has 0 atom stereocenters. The first-order valence-corrected chi connectivity index (χ1v) is 11.3. The number of rotatable bonds is 7. The SMILES string of the molecule is COc1cc(/C=N\NC(=O)c2cccc(I)c2)cc(I)c1OCc1ccccc1Cl. The van der Waals surface area contributed by atoms with Crippen molar-refractivity contribution in [2.24, 2.45) is 5.10 Å². The average Bonchev–Trinajstić information content (AvgIpc) is 2.73. The van der Waals surface area contributed by atoms with Crippen LogP contribution in [-0.2, 0) is 6.61 Å². The first kappa shape index (κ1) is 22.8. The van der Waals surface area contributed by atoms with Crippen LogP contribution >= 0.6 is 56.8 Å². The van der Waals surface area contributed by atoms with Crippen molar-refractivity contribution < 1.29 is 14.3 Å². The molecule has 3 aromatic rings. The zero-order valence-corrected chi connectivity index (χ0v) is 20.9. The van der Waals surface area contributed by atoms with Crippen molar-refractivity contribution in [2.75, 3.05) is 7.11 Å². The van der Waals surface area contributed by atoms with Crippen LogP contribution in [0.5, 0.6) is 11.5 Å². The van der Waals surface area contributed by atoms with Gasteiger partial charge in [0.05, 0.1) is 16.9 Å². The predicted molar refractivity (Wildman–Crippen MR) is 136 cm³/mol. The Hall–Kier alpha value is -1.85. The minimum absolute atomic E-state index is 0.272. The standard InChI is InChI=1S/C22H17ClI2N2O3/c1-29-20-10-14(12-26-27-22(28)15-6-4-7-17(24)11-15)9-19(25)21(20)30-13-16-5-2-3-8-18(16)23/h2-12H,13H2,1H3,(H,27,28)/b26-12-. The van der Waals surface area contributed by atoms with Gasteiger partial charge in [0.15, 0.2) is 11.5 Å². The van der Waals surface area contributed by atoms with E-state index in [0.717, 1.165) is 18.3 Å². The third kappa shape index (κ3) is 6.08. The van der Waals surface area contributed by atoms with Crippen molar-refractivity contribution in [3.8, 4) is 11.5 Å². The van der Waals surface area contributed by atoms with Crippen molar-refractivity contribution in [1.82, 2.24) is 5.43 Å². The molecule has 0 bridgehead atoms. The Morgan fingerprint density at radius 1 is 1.13 bits per heavy atom. The summed E-state index contributed by atoms with van der Waals surface area (Å²) in [4.78, 5) is 12.2. The number of nitrogens with one attached hydrogen (secondary N) is 1. The van der Waals surface area contributed by atoms with Crippen LogP contribution in [0.2, 0.25) is 5.02 Å². The number of ether oxygens (including phenoxy) is 2. The maximum absolute atomic E-state index is 12.2. The van der Waals surface area contributed by atoms with E-state index in [0.29, 0.717) is 28.7 Å². The lowest BCUT2D eigenvalue weighted by Gasteiger charge is -2.14. The first-order valence-electron chi connectivity index (χ1n) is 8.80. The zero-order chi connectivity index (χ0) is 21.5. The van der Waals surface area contributed by atoms with Crippen LogP contribution in [-0.4, -0.2) is 19.2 Å². The summed E-state index contributed by atoms with van der Waals surface area (Å²) in [5, 5.41) is 4.71. The van der Waals surface area contributed by atoms with E-state index in [1.54, 1.807) is 31.5 Å². The van der Waals surface area contributed by atoms with Crippen LogP contribution in [0, 0.1) is 7.14 Å². The third-order valence-corrected chi connectivity index (χ3v) is 5.89. The predicted octanol–water partition coefficient (Wildman–Crippen LogP) is 5.90. The van der Waals surface area contributed by atoms with Crippen molar-refractivity contribution in [1.29, 1.82) is 0 Å². The minimum atomic E-state index is -0.272. The molecule has 1 amide bonds. The fraction of sp³-hybridized carbons (Fsp3) is 0.0909. The molecule has 0 aromatic heterocycles. The van der Waals surface area contributed by atoms with Gasteiger partial charge in [-0.1, -0.05) is 35.9 Å². The van der Waals surface area contributed by atoms with E-state index in [4.69, 9.17) is 21.1 Å². The number of hydrazone groups is 1. The topological polar surface area (TPSA) is 59.9 Å². The lowest BCUT2D eigenvalue weighted by atomic mass is 10.2. The molecular weight excluding hydrogens is 630 g/mol. The second-order valence-electron chi connectivity index (χ2n) is 6.12. The molecule has 30 heavy (non-hydrogen) atoms. The van der Waals surface area contributed by atoms with Gasteiger partial charge >= 0.3 is 0 Å². The molecule has 0 saturated heterocycles. The van der Waals surface area contributed by atoms with Gasteiger partial charge in [-0.15, -0.1) is 0 Å². The van der Waals surface area contributed by atoms with E-state index < -0.39 is 0 Å². The molecule has 0 aliphatic heterocycles. The van der Waals surface area contributed by atoms with Crippen molar-refractivity contribution >= 4 is 68.9 Å². The van der Waals surface area contributed by atoms with Gasteiger partial charge in [-0.3, -0.25) is 4.79 Å². The second-order valence-corrected chi connectivity index (χ2v) is 8.94. The Morgan fingerprint density at radius 3 is 2.67 bits per heavy atom. The molecule has 0 aliphatic carbocycles. The number of nitrogens with zero attached hydrogens (tertiary/aromatic N) is 1. The molecule has 0 radical (unpaired) electrons. The van der Waals surface area contributed by atoms with E-state index in [9.17, 15) is 4.79 Å². The van der Waals surface area contributed by atoms with E-state index >= 15 is 0 Å². The third-order valence-electron chi connectivity index (χ3n) is 4.05. The lowest BCUT2D eigenvalue weighted by Crippen LogP contribution is -2.17. The zero-order valence-electron chi connectivity index (χ0n) is 15.9. The van der Waals surface area contributed by atoms with Crippen LogP contribution in [0.15, 0.2) is 65.8 Å². The Morgan fingerprint density at radius 2 is 1.93 bits per heavy atom. The molecular formula is C22H17ClI2N2O3. The molecule has 0 fully saturated rings. The number of hydrogen-bond donors (Lipinski definition) is 1. The summed E-state index contributed by atoms with van der Waals surface area (Å²) < 4.78 is 13.3. The van der Waals surface area contributed by atoms with Gasteiger partial charge in [0.25, 0.3) is 5.91 Å². The number of halogens is 3. The molecule has 3 aromatic carbocycles. The number of carbonyl (C=O) groups excluding carboxylic acids is 1. The number of benzene rings is 3. The van der Waals surface area contributed by atoms with E-state index in [1.807, 2.05) is 42.5 Å². The van der Waals surface area contributed by atoms with Crippen molar-refractivity contribution in [3.63, 3.8) is 0 Å². The summed E-state index contributed by atoms with van der Waals surface area (Å²) in [7, 11) is 1.58. The summed E-state index contributed by atoms with van der Waals surface area (Å²) in [6.45, 7) is 0.325. The fourth-order valence-corrected chi connectivity index (χ4v) is 4.09. The van der Waals surface area contributed by atoms with Crippen molar-refractivity contribution in [2.45, 2.75) is 6.61 Å². The quantitative estimate of drug-likeness (QED) is 0.198. The largest absolute Gasteiger partial charge is 0.493 e. The van der Waals surface area contributed by atoms with Crippen LogP contribution in [0.25, 0.3) is 0 Å². The van der Waals surface area contributed by atoms with E-state index in [1.165, 1.54) is 0 Å². The lowest BCUT2D eigenvalue weighted by molar-refractivity contribution is 0.0955. The van der Waals surface area contributed by atoms with Gasteiger partial charge in [0, 0.05) is 19.7 Å². The normalized spacial score (nSPS) is 10.8. The number of carbonyl (C=O) groups is 1. The maximum atomic E-state index is 12.2. The summed E-state index contributed by atoms with van der Waals surface area (Å²) in [6.07, 6.45) is 1.56. The Kier molecular flexibility index (Phi) is 8.34. The summed E-state index contributed by atoms with van der Waals surface area (Å²) in [6, 6.07) is 18.5. The number of hydrogen-bond acceptors (Lipinski definition) is 4. The summed E-state index contributed by atoms with van der Waals surface area (Å²) >= 11 is 10.5. The molecule has 0 unspecified atom stereocenters. The molecule has 8 heteroatoms. The monoisotopic (exact) mass is 646 g/mol. The van der Waals surface area contributed by atoms with Crippen LogP contribution in [0.4, 0.5) is 0 Å². The molecule has 3 rings (SSSR count). The van der Waals surface area contributed by atoms with Gasteiger partial charge in [-0.2, -0.15) is 5.10 Å². The molecule has 0 heterocycles. The van der Waals surface area contributed by atoms with E-state index in [2.05, 4.69) is 55.7 Å². The van der Waals surface area contributed by atoms with Crippen LogP contribution < -0.4 is 14.9 Å². The average molecular weight is 647 g/mol. The van der Waals surface area contributed by atoms with E-state index in [-0.39, 0.29) is 5.91 Å². The number of methoxy groups -OCH3 is 1. The van der Waals surface area contributed by atoms with Gasteiger partial charge in [-0.25, -0.2) is 5.43 Å². The first-order chi connectivity index (χ1) is 14.5. The second kappa shape index (κ2) is 11.0. The fourth-order valence-electron chi connectivity index (χ4n) is 2.58. The highest BCUT2D eigenvalue weighted by Crippen LogP contribution is 2.34. The highest BCUT2D eigenvalue weighted by atomic mass is 127. The number of amides is 1. The minimum Gasteiger partial charge on any atom is -0.493 e. The highest BCUT2D eigenvalue weighted by molar-refractivity contribution is 14.1. The maximum Gasteiger partial charge on any atom is 0.271 e. The van der Waals surface area contributed by atoms with Gasteiger partial charge in [-0.05, 0) is 87.1 Å². The molecule has 1 N–H and O–H groups in total. The molecule has 0 aliphatic rings. The summed E-state index contributed by atoms with van der Waals surface area (Å²) in [5.74, 6) is 0.920. The summed E-state index contributed by atoms with van der Waals surface area (Å²) in [5.41, 5.74) is 4.75. The molecule has 0 saturated carbocycles. The molecule has 154 valence electrons. The van der Waals surface area contributed by atoms with Gasteiger partial charge in [0.1, 0.15) is 6.61 Å². The smallest absolute Gasteiger partial charge is 0.271 e. The van der Waals surface area contributed by atoms with Crippen LogP contribution in [0.1, 0.15) is 21.5 Å².